The molecular formula is C42H76N2O4. The smallest absolute Gasteiger partial charge is 0.236 e. The Kier molecular flexibility index (Phi) is 34.4. The molecule has 0 spiro atoms. The highest BCUT2D eigenvalue weighted by Gasteiger charge is 2.27. The van der Waals surface area contributed by atoms with Crippen molar-refractivity contribution >= 4 is 23.6 Å². The first-order valence-corrected chi connectivity index (χ1v) is 20.4. The van der Waals surface area contributed by atoms with Crippen molar-refractivity contribution in [2.45, 2.75) is 219 Å². The second-order valence-corrected chi connectivity index (χ2v) is 13.9. The lowest BCUT2D eigenvalue weighted by Gasteiger charge is -2.19. The fourth-order valence-corrected chi connectivity index (χ4v) is 6.02. The van der Waals surface area contributed by atoms with Gasteiger partial charge in [-0.2, -0.15) is 0 Å². The third-order valence-corrected chi connectivity index (χ3v) is 9.12. The molecule has 0 bridgehead atoms. The number of amides is 4. The van der Waals surface area contributed by atoms with Crippen LogP contribution in [0.3, 0.4) is 0 Å². The van der Waals surface area contributed by atoms with Crippen molar-refractivity contribution < 1.29 is 19.2 Å². The van der Waals surface area contributed by atoms with Crippen LogP contribution in [-0.2, 0) is 19.2 Å². The van der Waals surface area contributed by atoms with Crippen molar-refractivity contribution in [2.24, 2.45) is 5.73 Å². The molecule has 278 valence electrons. The molecule has 6 nitrogen and oxygen atoms in total. The Morgan fingerprint density at radius 1 is 0.375 bits per heavy atom. The van der Waals surface area contributed by atoms with Gasteiger partial charge in [0, 0.05) is 25.7 Å². The zero-order valence-electron chi connectivity index (χ0n) is 31.6. The van der Waals surface area contributed by atoms with Crippen LogP contribution in [0.1, 0.15) is 219 Å². The van der Waals surface area contributed by atoms with Crippen LogP contribution in [0.5, 0.6) is 0 Å². The van der Waals surface area contributed by atoms with E-state index in [1.54, 1.807) is 0 Å². The Balaban J connectivity index is 4.27. The molecule has 0 aromatic carbocycles. The highest BCUT2D eigenvalue weighted by atomic mass is 16.2. The van der Waals surface area contributed by atoms with E-state index in [1.165, 1.54) is 89.9 Å². The fourth-order valence-electron chi connectivity index (χ4n) is 6.02. The Morgan fingerprint density at radius 2 is 0.625 bits per heavy atom. The summed E-state index contributed by atoms with van der Waals surface area (Å²) in [5, 5.41) is 0. The van der Waals surface area contributed by atoms with E-state index in [1.807, 2.05) is 0 Å². The Bertz CT molecular complexity index is 799. The third kappa shape index (κ3) is 31.1. The highest BCUT2D eigenvalue weighted by Crippen LogP contribution is 2.15. The van der Waals surface area contributed by atoms with E-state index in [9.17, 15) is 19.2 Å². The van der Waals surface area contributed by atoms with Crippen LogP contribution < -0.4 is 5.73 Å². The zero-order chi connectivity index (χ0) is 35.3. The maximum Gasteiger partial charge on any atom is 0.236 e. The fraction of sp³-hybridized carbons (Fsp3) is 0.810. The van der Waals surface area contributed by atoms with Crippen molar-refractivity contribution in [2.75, 3.05) is 0 Å². The lowest BCUT2D eigenvalue weighted by atomic mass is 10.1. The minimum atomic E-state index is -0.435. The maximum atomic E-state index is 13.1. The molecule has 0 aliphatic rings. The number of allylic oxidation sites excluding steroid dienone is 4. The van der Waals surface area contributed by atoms with Crippen molar-refractivity contribution in [1.29, 1.82) is 0 Å². The van der Waals surface area contributed by atoms with Crippen LogP contribution in [0.2, 0.25) is 0 Å². The minimum absolute atomic E-state index is 0.0868. The number of carbonyl (C=O) groups is 4. The Hall–Kier alpha value is -2.24. The van der Waals surface area contributed by atoms with E-state index in [-0.39, 0.29) is 37.5 Å². The van der Waals surface area contributed by atoms with E-state index in [4.69, 9.17) is 5.73 Å². The van der Waals surface area contributed by atoms with Gasteiger partial charge in [0.05, 0.1) is 0 Å². The van der Waals surface area contributed by atoms with Crippen molar-refractivity contribution in [1.82, 2.24) is 4.90 Å². The van der Waals surface area contributed by atoms with Crippen molar-refractivity contribution in [3.63, 3.8) is 0 Å². The number of primary amides is 1. The Morgan fingerprint density at radius 3 is 0.938 bits per heavy atom. The van der Waals surface area contributed by atoms with Crippen LogP contribution >= 0.6 is 0 Å². The average molecular weight is 673 g/mol. The van der Waals surface area contributed by atoms with Gasteiger partial charge in [0.2, 0.25) is 23.6 Å². The summed E-state index contributed by atoms with van der Waals surface area (Å²) in [4.78, 5) is 51.0. The second kappa shape index (κ2) is 36.1. The number of nitrogens with two attached hydrogens (primary N) is 1. The zero-order valence-corrected chi connectivity index (χ0v) is 31.6. The van der Waals surface area contributed by atoms with E-state index in [0.717, 1.165) is 69.1 Å². The van der Waals surface area contributed by atoms with Crippen LogP contribution in [0.25, 0.3) is 0 Å². The summed E-state index contributed by atoms with van der Waals surface area (Å²) in [5.41, 5.74) is 5.21. The molecule has 0 atom stereocenters. The van der Waals surface area contributed by atoms with Gasteiger partial charge in [-0.05, 0) is 77.0 Å². The normalized spacial score (nSPS) is 11.5. The summed E-state index contributed by atoms with van der Waals surface area (Å²) in [6.07, 6.45) is 41.5. The number of unbranched alkanes of at least 4 members (excludes halogenated alkanes) is 23. The first-order chi connectivity index (χ1) is 23.4. The number of hydrogen-bond donors (Lipinski definition) is 1. The number of carbonyl (C=O) groups excluding carboxylic acids is 4. The van der Waals surface area contributed by atoms with Gasteiger partial charge in [-0.25, -0.2) is 4.90 Å². The molecule has 0 aromatic heterocycles. The van der Waals surface area contributed by atoms with E-state index in [2.05, 4.69) is 38.2 Å². The van der Waals surface area contributed by atoms with Gasteiger partial charge in [-0.3, -0.25) is 19.2 Å². The second-order valence-electron chi connectivity index (χ2n) is 13.9. The lowest BCUT2D eigenvalue weighted by molar-refractivity contribution is -0.154. The predicted octanol–water partition coefficient (Wildman–Crippen LogP) is 12.0. The molecule has 0 radical (unpaired) electrons. The van der Waals surface area contributed by atoms with E-state index >= 15 is 0 Å². The number of rotatable bonds is 35. The van der Waals surface area contributed by atoms with Gasteiger partial charge < -0.3 is 5.73 Å². The maximum absolute atomic E-state index is 13.1. The first kappa shape index (κ1) is 45.8. The van der Waals surface area contributed by atoms with Crippen LogP contribution in [-0.4, -0.2) is 28.5 Å². The molecule has 0 unspecified atom stereocenters. The molecule has 4 amide bonds. The third-order valence-electron chi connectivity index (χ3n) is 9.12. The summed E-state index contributed by atoms with van der Waals surface area (Å²) in [7, 11) is 0. The van der Waals surface area contributed by atoms with Gasteiger partial charge in [-0.15, -0.1) is 0 Å². The molecule has 6 heteroatoms. The predicted molar refractivity (Wildman–Crippen MR) is 203 cm³/mol. The van der Waals surface area contributed by atoms with Gasteiger partial charge >= 0.3 is 0 Å². The van der Waals surface area contributed by atoms with Crippen LogP contribution in [0, 0.1) is 0 Å². The molecular weight excluding hydrogens is 596 g/mol. The highest BCUT2D eigenvalue weighted by molar-refractivity contribution is 6.10. The SMILES string of the molecule is CCCCCCCC/C=C\CCCCCCCC(=O)N(C(=O)CCCCCCC/C=C\CCCCCCCC)C(=O)CCCCC(N)=O. The molecule has 0 aliphatic carbocycles. The summed E-state index contributed by atoms with van der Waals surface area (Å²) in [6.45, 7) is 4.51. The summed E-state index contributed by atoms with van der Waals surface area (Å²) in [5.74, 6) is -1.58. The summed E-state index contributed by atoms with van der Waals surface area (Å²) < 4.78 is 0. The molecule has 0 fully saturated rings. The van der Waals surface area contributed by atoms with Gasteiger partial charge in [0.15, 0.2) is 0 Å². The molecule has 0 rings (SSSR count). The van der Waals surface area contributed by atoms with Crippen molar-refractivity contribution in [3.8, 4) is 0 Å². The largest absolute Gasteiger partial charge is 0.370 e. The summed E-state index contributed by atoms with van der Waals surface area (Å²) >= 11 is 0. The van der Waals surface area contributed by atoms with Crippen molar-refractivity contribution in [3.05, 3.63) is 24.3 Å². The molecule has 0 saturated heterocycles. The monoisotopic (exact) mass is 673 g/mol. The summed E-state index contributed by atoms with van der Waals surface area (Å²) in [6, 6.07) is 0. The van der Waals surface area contributed by atoms with E-state index in [0.29, 0.717) is 25.7 Å². The van der Waals surface area contributed by atoms with Crippen LogP contribution in [0.15, 0.2) is 24.3 Å². The molecule has 0 saturated carbocycles. The van der Waals surface area contributed by atoms with E-state index < -0.39 is 11.8 Å². The molecule has 0 heterocycles. The topological polar surface area (TPSA) is 97.5 Å². The number of hydrogen-bond acceptors (Lipinski definition) is 4. The molecule has 0 aromatic rings. The number of nitrogens with zero attached hydrogens (tertiary/aromatic N) is 1. The molecule has 2 N–H and O–H groups in total. The van der Waals surface area contributed by atoms with Gasteiger partial charge in [0.25, 0.3) is 0 Å². The van der Waals surface area contributed by atoms with Gasteiger partial charge in [0.1, 0.15) is 0 Å². The molecule has 48 heavy (non-hydrogen) atoms. The standard InChI is InChI=1S/C42H76N2O4/c1-3-5-7-9-11-13-15-17-19-21-23-25-27-29-31-36-40(46)44(42(48)38-34-33-35-39(43)45)41(47)37-32-30-28-26-24-22-20-18-16-14-12-10-8-6-4-2/h17-20H,3-16,21-38H2,1-2H3,(H2,43,45)/b19-17-,20-18-. The van der Waals surface area contributed by atoms with Gasteiger partial charge in [-0.1, -0.05) is 141 Å². The number of imide groups is 3. The first-order valence-electron chi connectivity index (χ1n) is 20.4. The minimum Gasteiger partial charge on any atom is -0.370 e. The van der Waals surface area contributed by atoms with Crippen LogP contribution in [0.4, 0.5) is 0 Å². The quantitative estimate of drug-likeness (QED) is 0.0535. The Labute approximate surface area is 296 Å². The molecule has 0 aliphatic heterocycles. The average Bonchev–Trinajstić information content (AvgIpc) is 3.06. The lowest BCUT2D eigenvalue weighted by Crippen LogP contribution is -2.41.